The molecule has 0 bridgehead atoms. The summed E-state index contributed by atoms with van der Waals surface area (Å²) in [6.07, 6.45) is 0. The Morgan fingerprint density at radius 2 is 1.60 bits per heavy atom. The third kappa shape index (κ3) is 2.94. The van der Waals surface area contributed by atoms with E-state index in [1.54, 1.807) is 20.2 Å². The minimum atomic E-state index is -3.90. The zero-order valence-corrected chi connectivity index (χ0v) is 15.9. The predicted octanol–water partition coefficient (Wildman–Crippen LogP) is 2.95. The molecule has 0 aliphatic carbocycles. The van der Waals surface area contributed by atoms with Gasteiger partial charge in [-0.3, -0.25) is 13.9 Å². The number of halogens is 1. The van der Waals surface area contributed by atoms with E-state index in [2.05, 4.69) is 4.72 Å². The van der Waals surface area contributed by atoms with E-state index < -0.39 is 10.0 Å². The number of anilines is 1. The zero-order valence-electron chi connectivity index (χ0n) is 14.3. The Morgan fingerprint density at radius 1 is 1.00 bits per heavy atom. The van der Waals surface area contributed by atoms with Crippen molar-refractivity contribution in [2.75, 3.05) is 4.72 Å². The van der Waals surface area contributed by atoms with Crippen LogP contribution in [0.15, 0.2) is 40.0 Å². The lowest BCUT2D eigenvalue weighted by Crippen LogP contribution is -2.19. The van der Waals surface area contributed by atoms with Crippen LogP contribution in [0.2, 0.25) is 5.02 Å². The van der Waals surface area contributed by atoms with Crippen molar-refractivity contribution >= 4 is 38.3 Å². The Balaban J connectivity index is 2.15. The first kappa shape index (κ1) is 17.6. The molecule has 0 spiro atoms. The fraction of sp³-hybridized carbons (Fsp3) is 0.235. The topological polar surface area (TPSA) is 73.1 Å². The number of hydrogen-bond acceptors (Lipinski definition) is 3. The lowest BCUT2D eigenvalue weighted by Gasteiger charge is -2.12. The number of hydrogen-bond donors (Lipinski definition) is 1. The molecular weight excluding hydrogens is 362 g/mol. The van der Waals surface area contributed by atoms with Gasteiger partial charge in [0, 0.05) is 14.1 Å². The van der Waals surface area contributed by atoms with E-state index in [1.807, 2.05) is 26.0 Å². The first-order chi connectivity index (χ1) is 11.6. The molecule has 0 fully saturated rings. The summed E-state index contributed by atoms with van der Waals surface area (Å²) >= 11 is 6.21. The van der Waals surface area contributed by atoms with Gasteiger partial charge >= 0.3 is 5.69 Å². The van der Waals surface area contributed by atoms with Crippen LogP contribution in [0.25, 0.3) is 11.0 Å². The number of aryl methyl sites for hydroxylation is 4. The minimum Gasteiger partial charge on any atom is -0.295 e. The van der Waals surface area contributed by atoms with Gasteiger partial charge in [0.25, 0.3) is 10.0 Å². The average molecular weight is 380 g/mol. The third-order valence-electron chi connectivity index (χ3n) is 4.24. The van der Waals surface area contributed by atoms with E-state index >= 15 is 0 Å². The van der Waals surface area contributed by atoms with Gasteiger partial charge in [-0.15, -0.1) is 0 Å². The molecule has 132 valence electrons. The van der Waals surface area contributed by atoms with Crippen LogP contribution in [0, 0.1) is 13.8 Å². The maximum atomic E-state index is 12.8. The second-order valence-electron chi connectivity index (χ2n) is 6.10. The van der Waals surface area contributed by atoms with Crippen LogP contribution < -0.4 is 10.4 Å². The minimum absolute atomic E-state index is 0.0611. The number of aromatic nitrogens is 2. The maximum absolute atomic E-state index is 12.8. The molecule has 8 heteroatoms. The highest BCUT2D eigenvalue weighted by Crippen LogP contribution is 2.29. The molecule has 0 amide bonds. The molecule has 25 heavy (non-hydrogen) atoms. The van der Waals surface area contributed by atoms with Gasteiger partial charge in [0.15, 0.2) is 0 Å². The van der Waals surface area contributed by atoms with Gasteiger partial charge in [-0.25, -0.2) is 13.2 Å². The number of sulfonamides is 1. The van der Waals surface area contributed by atoms with Crippen LogP contribution in [0.5, 0.6) is 0 Å². The van der Waals surface area contributed by atoms with Gasteiger partial charge in [0.2, 0.25) is 0 Å². The normalized spacial score (nSPS) is 11.9. The monoisotopic (exact) mass is 379 g/mol. The number of nitrogens with zero attached hydrogens (tertiary/aromatic N) is 2. The smallest absolute Gasteiger partial charge is 0.295 e. The quantitative estimate of drug-likeness (QED) is 0.760. The number of rotatable bonds is 3. The fourth-order valence-electron chi connectivity index (χ4n) is 2.83. The van der Waals surface area contributed by atoms with Gasteiger partial charge in [0.05, 0.1) is 21.7 Å². The summed E-state index contributed by atoms with van der Waals surface area (Å²) in [6.45, 7) is 3.77. The molecular formula is C17H18ClN3O3S. The predicted molar refractivity (Wildman–Crippen MR) is 99.9 cm³/mol. The van der Waals surface area contributed by atoms with E-state index in [0.717, 1.165) is 11.1 Å². The molecule has 1 aromatic heterocycles. The number of imidazole rings is 1. The molecule has 6 nitrogen and oxygen atoms in total. The Morgan fingerprint density at radius 3 is 2.20 bits per heavy atom. The van der Waals surface area contributed by atoms with Crippen molar-refractivity contribution in [3.8, 4) is 0 Å². The summed E-state index contributed by atoms with van der Waals surface area (Å²) in [5.74, 6) is 0. The van der Waals surface area contributed by atoms with E-state index in [-0.39, 0.29) is 15.6 Å². The van der Waals surface area contributed by atoms with Crippen molar-refractivity contribution < 1.29 is 8.42 Å². The van der Waals surface area contributed by atoms with E-state index in [4.69, 9.17) is 11.6 Å². The SMILES string of the molecule is Cc1ccc(NS(=O)(=O)c2cc3c(cc2Cl)n(C)c(=O)n3C)c(C)c1. The van der Waals surface area contributed by atoms with Crippen molar-refractivity contribution in [1.82, 2.24) is 9.13 Å². The Hall–Kier alpha value is -2.25. The largest absolute Gasteiger partial charge is 0.328 e. The van der Waals surface area contributed by atoms with Crippen molar-refractivity contribution in [1.29, 1.82) is 0 Å². The Labute approximate surface area is 150 Å². The summed E-state index contributed by atoms with van der Waals surface area (Å²) in [5.41, 5.74) is 3.17. The summed E-state index contributed by atoms with van der Waals surface area (Å²) < 4.78 is 31.0. The molecule has 0 atom stereocenters. The highest BCUT2D eigenvalue weighted by Gasteiger charge is 2.22. The van der Waals surface area contributed by atoms with E-state index in [1.165, 1.54) is 21.3 Å². The van der Waals surface area contributed by atoms with Crippen LogP contribution >= 0.6 is 11.6 Å². The van der Waals surface area contributed by atoms with Crippen molar-refractivity contribution in [2.24, 2.45) is 14.1 Å². The maximum Gasteiger partial charge on any atom is 0.328 e. The van der Waals surface area contributed by atoms with Gasteiger partial charge in [-0.2, -0.15) is 0 Å². The highest BCUT2D eigenvalue weighted by atomic mass is 35.5. The Bertz CT molecular complexity index is 1160. The number of benzene rings is 2. The molecule has 3 aromatic rings. The Kier molecular flexibility index (Phi) is 4.17. The molecule has 0 saturated heterocycles. The highest BCUT2D eigenvalue weighted by molar-refractivity contribution is 7.92. The van der Waals surface area contributed by atoms with Crippen LogP contribution in [0.1, 0.15) is 11.1 Å². The molecule has 0 unspecified atom stereocenters. The van der Waals surface area contributed by atoms with Gasteiger partial charge < -0.3 is 0 Å². The van der Waals surface area contributed by atoms with Crippen LogP contribution in [0.4, 0.5) is 5.69 Å². The fourth-order valence-corrected chi connectivity index (χ4v) is 4.51. The van der Waals surface area contributed by atoms with E-state index in [9.17, 15) is 13.2 Å². The second-order valence-corrected chi connectivity index (χ2v) is 8.15. The number of fused-ring (bicyclic) bond motifs is 1. The lowest BCUT2D eigenvalue weighted by atomic mass is 10.1. The second kappa shape index (κ2) is 5.93. The first-order valence-corrected chi connectivity index (χ1v) is 9.43. The van der Waals surface area contributed by atoms with Gasteiger partial charge in [-0.1, -0.05) is 29.3 Å². The molecule has 2 aromatic carbocycles. The average Bonchev–Trinajstić information content (AvgIpc) is 2.74. The van der Waals surface area contributed by atoms with Gasteiger partial charge in [0.1, 0.15) is 4.90 Å². The van der Waals surface area contributed by atoms with E-state index in [0.29, 0.717) is 16.7 Å². The summed E-state index contributed by atoms with van der Waals surface area (Å²) in [5, 5.41) is 0.0611. The summed E-state index contributed by atoms with van der Waals surface area (Å²) in [6, 6.07) is 8.35. The van der Waals surface area contributed by atoms with Crippen molar-refractivity contribution in [3.05, 3.63) is 57.0 Å². The lowest BCUT2D eigenvalue weighted by molar-refractivity contribution is 0.601. The van der Waals surface area contributed by atoms with Crippen LogP contribution in [-0.4, -0.2) is 17.6 Å². The molecule has 0 radical (unpaired) electrons. The molecule has 0 aliphatic rings. The molecule has 0 aliphatic heterocycles. The molecule has 1 heterocycles. The van der Waals surface area contributed by atoms with Crippen molar-refractivity contribution in [2.45, 2.75) is 18.7 Å². The standard InChI is InChI=1S/C17H18ClN3O3S/c1-10-5-6-13(11(2)7-10)19-25(23,24)16-9-15-14(8-12(16)18)20(3)17(22)21(15)4/h5-9,19H,1-4H3. The van der Waals surface area contributed by atoms with Gasteiger partial charge in [-0.05, 0) is 37.6 Å². The molecule has 3 rings (SSSR count). The zero-order chi connectivity index (χ0) is 18.5. The third-order valence-corrected chi connectivity index (χ3v) is 6.07. The van der Waals surface area contributed by atoms with Crippen LogP contribution in [0.3, 0.4) is 0 Å². The number of nitrogens with one attached hydrogen (secondary N) is 1. The summed E-state index contributed by atoms with van der Waals surface area (Å²) in [4.78, 5) is 12.0. The molecule has 0 saturated carbocycles. The first-order valence-electron chi connectivity index (χ1n) is 7.57. The van der Waals surface area contributed by atoms with Crippen LogP contribution in [-0.2, 0) is 24.1 Å². The molecule has 1 N–H and O–H groups in total. The van der Waals surface area contributed by atoms with Crippen molar-refractivity contribution in [3.63, 3.8) is 0 Å². The summed E-state index contributed by atoms with van der Waals surface area (Å²) in [7, 11) is -0.694.